The first-order valence-corrected chi connectivity index (χ1v) is 9.91. The molecule has 0 spiro atoms. The lowest BCUT2D eigenvalue weighted by atomic mass is 9.98. The fraction of sp³-hybridized carbons (Fsp3) is 0.227. The van der Waals surface area contributed by atoms with Gasteiger partial charge in [-0.15, -0.1) is 5.10 Å². The zero-order valence-electron chi connectivity index (χ0n) is 17.0. The summed E-state index contributed by atoms with van der Waals surface area (Å²) in [4.78, 5) is 12.7. The molecule has 0 bridgehead atoms. The van der Waals surface area contributed by atoms with E-state index in [1.165, 1.54) is 4.68 Å². The minimum Gasteiger partial charge on any atom is -0.274 e. The maximum Gasteiger partial charge on any atom is 0.346 e. The maximum absolute atomic E-state index is 12.7. The van der Waals surface area contributed by atoms with E-state index in [1.807, 2.05) is 62.4 Å². The number of rotatable bonds is 7. The van der Waals surface area contributed by atoms with E-state index in [4.69, 9.17) is 0 Å². The zero-order chi connectivity index (χ0) is 20.9. The molecule has 0 radical (unpaired) electrons. The number of hydrogen-bond acceptors (Lipinski definition) is 5. The van der Waals surface area contributed by atoms with Crippen LogP contribution in [-0.4, -0.2) is 35.0 Å². The molecule has 1 N–H and O–H groups in total. The molecule has 0 aliphatic carbocycles. The second-order valence-electron chi connectivity index (χ2n) is 6.87. The van der Waals surface area contributed by atoms with Crippen molar-refractivity contribution < 1.29 is 0 Å². The quantitative estimate of drug-likeness (QED) is 0.480. The van der Waals surface area contributed by atoms with Crippen molar-refractivity contribution in [2.24, 2.45) is 0 Å². The van der Waals surface area contributed by atoms with Crippen molar-refractivity contribution in [3.05, 3.63) is 82.6 Å². The zero-order valence-corrected chi connectivity index (χ0v) is 17.0. The van der Waals surface area contributed by atoms with Crippen LogP contribution in [0.1, 0.15) is 25.2 Å². The first-order chi connectivity index (χ1) is 14.7. The molecule has 4 rings (SSSR count). The summed E-state index contributed by atoms with van der Waals surface area (Å²) in [5.74, 6) is 1.40. The van der Waals surface area contributed by atoms with Gasteiger partial charge in [-0.05, 0) is 41.0 Å². The number of nitrogens with one attached hydrogen (secondary N) is 1. The van der Waals surface area contributed by atoms with E-state index in [1.54, 1.807) is 4.57 Å². The smallest absolute Gasteiger partial charge is 0.274 e. The molecule has 2 aromatic carbocycles. The molecule has 2 heterocycles. The Morgan fingerprint density at radius 3 is 2.50 bits per heavy atom. The summed E-state index contributed by atoms with van der Waals surface area (Å²) in [6.45, 7) is 4.93. The van der Waals surface area contributed by atoms with E-state index in [2.05, 4.69) is 37.9 Å². The molecule has 0 atom stereocenters. The van der Waals surface area contributed by atoms with Crippen LogP contribution in [0.4, 0.5) is 0 Å². The standard InChI is InChI=1S/C22H23N7O/c1-3-5-10-20-25-29(4-2)22(30)28(20)15-16-11-13-17(14-12-16)18-8-6-7-9-19(18)21-23-26-27-24-21/h3,5-9,11-14H,4,10,15H2,1-2H3,(H,23,24,26,27). The first-order valence-electron chi connectivity index (χ1n) is 9.91. The van der Waals surface area contributed by atoms with Gasteiger partial charge >= 0.3 is 5.69 Å². The number of benzene rings is 2. The maximum atomic E-state index is 12.7. The number of H-pyrrole nitrogens is 1. The van der Waals surface area contributed by atoms with Gasteiger partial charge in [0.05, 0.1) is 6.54 Å². The van der Waals surface area contributed by atoms with Crippen LogP contribution in [0.5, 0.6) is 0 Å². The lowest BCUT2D eigenvalue weighted by Gasteiger charge is -2.09. The summed E-state index contributed by atoms with van der Waals surface area (Å²) >= 11 is 0. The third-order valence-electron chi connectivity index (χ3n) is 4.97. The molecule has 8 heteroatoms. The summed E-state index contributed by atoms with van der Waals surface area (Å²) < 4.78 is 3.25. The van der Waals surface area contributed by atoms with Gasteiger partial charge in [0.1, 0.15) is 5.82 Å². The summed E-state index contributed by atoms with van der Waals surface area (Å²) in [6, 6.07) is 16.2. The van der Waals surface area contributed by atoms with Crippen LogP contribution in [0.3, 0.4) is 0 Å². The lowest BCUT2D eigenvalue weighted by molar-refractivity contribution is 0.615. The third-order valence-corrected chi connectivity index (χ3v) is 4.97. The van der Waals surface area contributed by atoms with E-state index < -0.39 is 0 Å². The van der Waals surface area contributed by atoms with E-state index in [0.29, 0.717) is 25.3 Å². The highest BCUT2D eigenvalue weighted by atomic mass is 16.2. The topological polar surface area (TPSA) is 94.3 Å². The number of allylic oxidation sites excluding steroid dienone is 2. The van der Waals surface area contributed by atoms with Crippen LogP contribution >= 0.6 is 0 Å². The monoisotopic (exact) mass is 401 g/mol. The Labute approximate surface area is 173 Å². The highest BCUT2D eigenvalue weighted by molar-refractivity contribution is 5.80. The molecular formula is C22H23N7O. The van der Waals surface area contributed by atoms with E-state index in [-0.39, 0.29) is 5.69 Å². The fourth-order valence-electron chi connectivity index (χ4n) is 3.41. The van der Waals surface area contributed by atoms with Gasteiger partial charge in [0.25, 0.3) is 0 Å². The van der Waals surface area contributed by atoms with Crippen LogP contribution in [0.15, 0.2) is 65.5 Å². The van der Waals surface area contributed by atoms with Gasteiger partial charge in [0.15, 0.2) is 5.82 Å². The molecule has 4 aromatic rings. The number of aromatic nitrogens is 7. The Bertz CT molecular complexity index is 1200. The minimum absolute atomic E-state index is 0.0794. The second kappa shape index (κ2) is 8.69. The van der Waals surface area contributed by atoms with Gasteiger partial charge in [-0.1, -0.05) is 60.7 Å². The molecule has 8 nitrogen and oxygen atoms in total. The average molecular weight is 401 g/mol. The van der Waals surface area contributed by atoms with Crippen LogP contribution in [0, 0.1) is 0 Å². The molecule has 30 heavy (non-hydrogen) atoms. The predicted octanol–water partition coefficient (Wildman–Crippen LogP) is 3.08. The Hall–Kier alpha value is -3.81. The van der Waals surface area contributed by atoms with Gasteiger partial charge in [-0.3, -0.25) is 4.57 Å². The summed E-state index contributed by atoms with van der Waals surface area (Å²) in [7, 11) is 0. The Morgan fingerprint density at radius 2 is 1.83 bits per heavy atom. The summed E-state index contributed by atoms with van der Waals surface area (Å²) in [5, 5.41) is 18.7. The van der Waals surface area contributed by atoms with Crippen molar-refractivity contribution in [2.45, 2.75) is 33.4 Å². The largest absolute Gasteiger partial charge is 0.346 e. The number of tetrazole rings is 1. The van der Waals surface area contributed by atoms with Crippen LogP contribution < -0.4 is 5.69 Å². The van der Waals surface area contributed by atoms with Crippen molar-refractivity contribution in [2.75, 3.05) is 0 Å². The molecule has 2 aromatic heterocycles. The lowest BCUT2D eigenvalue weighted by Crippen LogP contribution is -2.25. The minimum atomic E-state index is -0.0794. The number of hydrogen-bond donors (Lipinski definition) is 1. The van der Waals surface area contributed by atoms with Crippen LogP contribution in [0.25, 0.3) is 22.5 Å². The van der Waals surface area contributed by atoms with E-state index in [0.717, 1.165) is 28.1 Å². The van der Waals surface area contributed by atoms with Gasteiger partial charge < -0.3 is 0 Å². The second-order valence-corrected chi connectivity index (χ2v) is 6.87. The van der Waals surface area contributed by atoms with E-state index in [9.17, 15) is 4.79 Å². The third kappa shape index (κ3) is 3.84. The molecule has 0 aliphatic heterocycles. The number of aromatic amines is 1. The predicted molar refractivity (Wildman–Crippen MR) is 115 cm³/mol. The molecule has 0 amide bonds. The Balaban J connectivity index is 1.64. The fourth-order valence-corrected chi connectivity index (χ4v) is 3.41. The van der Waals surface area contributed by atoms with Gasteiger partial charge in [0.2, 0.25) is 0 Å². The molecule has 0 fully saturated rings. The molecular weight excluding hydrogens is 378 g/mol. The van der Waals surface area contributed by atoms with Crippen molar-refractivity contribution in [1.82, 2.24) is 35.0 Å². The van der Waals surface area contributed by atoms with Gasteiger partial charge in [-0.2, -0.15) is 5.10 Å². The number of aryl methyl sites for hydroxylation is 1. The normalized spacial score (nSPS) is 11.4. The van der Waals surface area contributed by atoms with Crippen LogP contribution in [0.2, 0.25) is 0 Å². The van der Waals surface area contributed by atoms with Gasteiger partial charge in [0, 0.05) is 18.5 Å². The molecule has 0 aliphatic rings. The van der Waals surface area contributed by atoms with Crippen molar-refractivity contribution in [1.29, 1.82) is 0 Å². The van der Waals surface area contributed by atoms with Gasteiger partial charge in [-0.25, -0.2) is 14.6 Å². The SMILES string of the molecule is CC=CCc1nn(CC)c(=O)n1Cc1ccc(-c2ccccc2-c2nnn[nH]2)cc1. The number of nitrogens with zero attached hydrogens (tertiary/aromatic N) is 6. The summed E-state index contributed by atoms with van der Waals surface area (Å²) in [5.41, 5.74) is 3.98. The summed E-state index contributed by atoms with van der Waals surface area (Å²) in [6.07, 6.45) is 4.61. The molecule has 0 saturated carbocycles. The molecule has 152 valence electrons. The highest BCUT2D eigenvalue weighted by Crippen LogP contribution is 2.29. The van der Waals surface area contributed by atoms with Crippen molar-refractivity contribution in [3.8, 4) is 22.5 Å². The van der Waals surface area contributed by atoms with Crippen molar-refractivity contribution in [3.63, 3.8) is 0 Å². The average Bonchev–Trinajstić information content (AvgIpc) is 3.42. The van der Waals surface area contributed by atoms with Crippen molar-refractivity contribution >= 4 is 0 Å². The van der Waals surface area contributed by atoms with Crippen LogP contribution in [-0.2, 0) is 19.5 Å². The highest BCUT2D eigenvalue weighted by Gasteiger charge is 2.13. The van der Waals surface area contributed by atoms with E-state index >= 15 is 0 Å². The first kappa shape index (κ1) is 19.5. The molecule has 0 saturated heterocycles. The molecule has 0 unspecified atom stereocenters. The Morgan fingerprint density at radius 1 is 1.07 bits per heavy atom. The Kier molecular flexibility index (Phi) is 5.65.